The van der Waals surface area contributed by atoms with Crippen LogP contribution < -0.4 is 9.47 Å². The molecular formula is C22H15Br2NO2. The van der Waals surface area contributed by atoms with Gasteiger partial charge in [0.2, 0.25) is 0 Å². The Morgan fingerprint density at radius 1 is 0.926 bits per heavy atom. The molecule has 0 unspecified atom stereocenters. The summed E-state index contributed by atoms with van der Waals surface area (Å²) in [5.41, 5.74) is 1.75. The maximum atomic E-state index is 5.78. The normalized spacial score (nSPS) is 10.6. The lowest BCUT2D eigenvalue weighted by atomic mass is 10.2. The lowest BCUT2D eigenvalue weighted by Gasteiger charge is -2.08. The molecule has 0 aliphatic rings. The topological polar surface area (TPSA) is 30.8 Å². The fourth-order valence-corrected chi connectivity index (χ4v) is 3.73. The van der Waals surface area contributed by atoms with Crippen LogP contribution in [-0.2, 0) is 0 Å². The molecule has 134 valence electrons. The molecule has 0 aromatic heterocycles. The quantitative estimate of drug-likeness (QED) is 0.285. The van der Waals surface area contributed by atoms with Crippen molar-refractivity contribution in [3.63, 3.8) is 0 Å². The van der Waals surface area contributed by atoms with Crippen LogP contribution in [0, 0.1) is 12.3 Å². The molecule has 0 saturated heterocycles. The number of hydrogen-bond acceptors (Lipinski definition) is 3. The number of halogens is 2. The van der Waals surface area contributed by atoms with Gasteiger partial charge in [0.05, 0.1) is 14.6 Å². The van der Waals surface area contributed by atoms with E-state index in [-0.39, 0.29) is 6.61 Å². The third-order valence-electron chi connectivity index (χ3n) is 3.50. The Labute approximate surface area is 175 Å². The SMILES string of the molecule is C#CCOc1c(Br)cc(C=Nc2ccc(Oc3ccccc3)cc2)cc1Br. The summed E-state index contributed by atoms with van der Waals surface area (Å²) in [7, 11) is 0. The predicted molar refractivity (Wildman–Crippen MR) is 116 cm³/mol. The molecule has 0 spiro atoms. The third-order valence-corrected chi connectivity index (χ3v) is 4.68. The van der Waals surface area contributed by atoms with Gasteiger partial charge in [0.25, 0.3) is 0 Å². The minimum atomic E-state index is 0.210. The molecule has 0 aliphatic carbocycles. The van der Waals surface area contributed by atoms with Crippen LogP contribution in [0.15, 0.2) is 80.7 Å². The molecule has 0 N–H and O–H groups in total. The first-order valence-electron chi connectivity index (χ1n) is 8.08. The number of para-hydroxylation sites is 1. The van der Waals surface area contributed by atoms with Crippen molar-refractivity contribution >= 4 is 43.8 Å². The molecular weight excluding hydrogens is 470 g/mol. The van der Waals surface area contributed by atoms with Crippen molar-refractivity contribution in [2.24, 2.45) is 4.99 Å². The van der Waals surface area contributed by atoms with E-state index in [1.54, 1.807) is 6.21 Å². The monoisotopic (exact) mass is 483 g/mol. The molecule has 3 rings (SSSR count). The molecule has 0 fully saturated rings. The van der Waals surface area contributed by atoms with E-state index in [4.69, 9.17) is 15.9 Å². The van der Waals surface area contributed by atoms with Gasteiger partial charge in [0.15, 0.2) is 0 Å². The highest BCUT2D eigenvalue weighted by Crippen LogP contribution is 2.34. The molecule has 0 atom stereocenters. The molecule has 0 amide bonds. The van der Waals surface area contributed by atoms with Gasteiger partial charge >= 0.3 is 0 Å². The van der Waals surface area contributed by atoms with Gasteiger partial charge in [0.1, 0.15) is 23.9 Å². The lowest BCUT2D eigenvalue weighted by Crippen LogP contribution is -1.96. The second-order valence-corrected chi connectivity index (χ2v) is 7.18. The molecule has 3 aromatic rings. The largest absolute Gasteiger partial charge is 0.479 e. The highest BCUT2D eigenvalue weighted by Gasteiger charge is 2.08. The zero-order valence-electron chi connectivity index (χ0n) is 14.2. The van der Waals surface area contributed by atoms with Gasteiger partial charge < -0.3 is 9.47 Å². The Morgan fingerprint density at radius 2 is 1.56 bits per heavy atom. The molecule has 5 heteroatoms. The summed E-state index contributed by atoms with van der Waals surface area (Å²) in [6, 6.07) is 21.1. The smallest absolute Gasteiger partial charge is 0.149 e. The highest BCUT2D eigenvalue weighted by molar-refractivity contribution is 9.11. The first-order chi connectivity index (χ1) is 13.2. The maximum absolute atomic E-state index is 5.78. The summed E-state index contributed by atoms with van der Waals surface area (Å²) in [5.74, 6) is 4.69. The number of hydrogen-bond donors (Lipinski definition) is 0. The van der Waals surface area contributed by atoms with Crippen molar-refractivity contribution in [1.82, 2.24) is 0 Å². The van der Waals surface area contributed by atoms with Crippen molar-refractivity contribution in [3.8, 4) is 29.6 Å². The number of ether oxygens (including phenoxy) is 2. The van der Waals surface area contributed by atoms with E-state index in [2.05, 4.69) is 42.8 Å². The van der Waals surface area contributed by atoms with Gasteiger partial charge in [-0.2, -0.15) is 0 Å². The molecule has 0 aliphatic heterocycles. The Bertz CT molecular complexity index is 954. The van der Waals surface area contributed by atoms with E-state index >= 15 is 0 Å². The Balaban J connectivity index is 1.70. The van der Waals surface area contributed by atoms with E-state index in [0.29, 0.717) is 5.75 Å². The number of nitrogens with zero attached hydrogens (tertiary/aromatic N) is 1. The Morgan fingerprint density at radius 3 is 2.19 bits per heavy atom. The van der Waals surface area contributed by atoms with Crippen LogP contribution in [0.1, 0.15) is 5.56 Å². The zero-order chi connectivity index (χ0) is 19.1. The van der Waals surface area contributed by atoms with Crippen molar-refractivity contribution in [2.45, 2.75) is 0 Å². The lowest BCUT2D eigenvalue weighted by molar-refractivity contribution is 0.365. The number of benzene rings is 3. The summed E-state index contributed by atoms with van der Waals surface area (Å²) in [6.45, 7) is 0.210. The summed E-state index contributed by atoms with van der Waals surface area (Å²) in [4.78, 5) is 4.50. The van der Waals surface area contributed by atoms with Crippen LogP contribution in [0.3, 0.4) is 0 Å². The van der Waals surface area contributed by atoms with Crippen molar-refractivity contribution in [3.05, 3.63) is 81.2 Å². The first-order valence-corrected chi connectivity index (χ1v) is 9.66. The zero-order valence-corrected chi connectivity index (χ0v) is 17.4. The molecule has 3 nitrogen and oxygen atoms in total. The second kappa shape index (κ2) is 9.40. The average molecular weight is 485 g/mol. The third kappa shape index (κ3) is 5.46. The van der Waals surface area contributed by atoms with Gasteiger partial charge in [-0.1, -0.05) is 24.1 Å². The van der Waals surface area contributed by atoms with E-state index in [1.807, 2.05) is 66.7 Å². The Kier molecular flexibility index (Phi) is 6.69. The molecule has 3 aromatic carbocycles. The van der Waals surface area contributed by atoms with Crippen LogP contribution in [0.2, 0.25) is 0 Å². The standard InChI is InChI=1S/C22H15Br2NO2/c1-2-12-26-22-20(23)13-16(14-21(22)24)15-25-17-8-10-19(11-9-17)27-18-6-4-3-5-7-18/h1,3-11,13-15H,12H2. The predicted octanol–water partition coefficient (Wildman–Crippen LogP) is 6.77. The van der Waals surface area contributed by atoms with Gasteiger partial charge in [0, 0.05) is 6.21 Å². The van der Waals surface area contributed by atoms with Crippen LogP contribution in [0.5, 0.6) is 17.2 Å². The summed E-state index contributed by atoms with van der Waals surface area (Å²) >= 11 is 6.99. The summed E-state index contributed by atoms with van der Waals surface area (Å²) in [6.07, 6.45) is 7.02. The maximum Gasteiger partial charge on any atom is 0.149 e. The van der Waals surface area contributed by atoms with E-state index in [0.717, 1.165) is 31.7 Å². The highest BCUT2D eigenvalue weighted by atomic mass is 79.9. The summed E-state index contributed by atoms with van der Waals surface area (Å²) in [5, 5.41) is 0. The fraction of sp³-hybridized carbons (Fsp3) is 0.0455. The summed E-state index contributed by atoms with van der Waals surface area (Å²) < 4.78 is 12.9. The van der Waals surface area contributed by atoms with Crippen LogP contribution in [0.4, 0.5) is 5.69 Å². The van der Waals surface area contributed by atoms with Crippen LogP contribution in [-0.4, -0.2) is 12.8 Å². The van der Waals surface area contributed by atoms with Gasteiger partial charge in [-0.25, -0.2) is 0 Å². The van der Waals surface area contributed by atoms with Gasteiger partial charge in [-0.05, 0) is 86.0 Å². The minimum absolute atomic E-state index is 0.210. The van der Waals surface area contributed by atoms with E-state index in [9.17, 15) is 0 Å². The fourth-order valence-electron chi connectivity index (χ4n) is 2.28. The van der Waals surface area contributed by atoms with Gasteiger partial charge in [-0.3, -0.25) is 4.99 Å². The number of terminal acetylenes is 1. The molecule has 0 heterocycles. The van der Waals surface area contributed by atoms with Crippen molar-refractivity contribution in [1.29, 1.82) is 0 Å². The molecule has 0 saturated carbocycles. The van der Waals surface area contributed by atoms with Gasteiger partial charge in [-0.15, -0.1) is 6.42 Å². The second-order valence-electron chi connectivity index (χ2n) is 5.47. The van der Waals surface area contributed by atoms with Crippen molar-refractivity contribution in [2.75, 3.05) is 6.61 Å². The Hall–Kier alpha value is -2.55. The van der Waals surface area contributed by atoms with E-state index in [1.165, 1.54) is 0 Å². The average Bonchev–Trinajstić information content (AvgIpc) is 2.68. The van der Waals surface area contributed by atoms with Crippen LogP contribution in [0.25, 0.3) is 0 Å². The number of aliphatic imine (C=N–C) groups is 1. The molecule has 27 heavy (non-hydrogen) atoms. The molecule has 0 bridgehead atoms. The van der Waals surface area contributed by atoms with Crippen molar-refractivity contribution < 1.29 is 9.47 Å². The first kappa shape index (κ1) is 19.2. The number of rotatable bonds is 6. The minimum Gasteiger partial charge on any atom is -0.479 e. The molecule has 0 radical (unpaired) electrons. The van der Waals surface area contributed by atoms with Crippen LogP contribution >= 0.6 is 31.9 Å². The van der Waals surface area contributed by atoms with E-state index < -0.39 is 0 Å².